The van der Waals surface area contributed by atoms with Gasteiger partial charge in [-0.3, -0.25) is 4.21 Å². The van der Waals surface area contributed by atoms with Gasteiger partial charge in [-0.25, -0.2) is 0 Å². The van der Waals surface area contributed by atoms with Gasteiger partial charge in [0.05, 0.1) is 0 Å². The third-order valence-electron chi connectivity index (χ3n) is 2.74. The fourth-order valence-corrected chi connectivity index (χ4v) is 2.83. The topological polar surface area (TPSA) is 43.1 Å². The monoisotopic (exact) mass is 175 g/mol. The van der Waals surface area contributed by atoms with Crippen molar-refractivity contribution in [3.63, 3.8) is 0 Å². The maximum atomic E-state index is 11.0. The van der Waals surface area contributed by atoms with Crippen LogP contribution in [-0.2, 0) is 10.8 Å². The van der Waals surface area contributed by atoms with E-state index in [2.05, 4.69) is 13.8 Å². The van der Waals surface area contributed by atoms with Crippen molar-refractivity contribution in [2.24, 2.45) is 11.7 Å². The number of nitrogens with two attached hydrogens (primary N) is 1. The van der Waals surface area contributed by atoms with Gasteiger partial charge in [-0.2, -0.15) is 0 Å². The van der Waals surface area contributed by atoms with Crippen molar-refractivity contribution >= 4 is 10.8 Å². The van der Waals surface area contributed by atoms with E-state index < -0.39 is 10.8 Å². The van der Waals surface area contributed by atoms with Crippen LogP contribution in [0.15, 0.2) is 0 Å². The van der Waals surface area contributed by atoms with E-state index >= 15 is 0 Å². The van der Waals surface area contributed by atoms with Gasteiger partial charge in [0.15, 0.2) is 0 Å². The first-order valence-corrected chi connectivity index (χ1v) is 5.67. The molecular weight excluding hydrogens is 158 g/mol. The molecule has 2 N–H and O–H groups in total. The van der Waals surface area contributed by atoms with Gasteiger partial charge in [-0.05, 0) is 18.8 Å². The highest BCUT2D eigenvalue weighted by molar-refractivity contribution is 7.85. The van der Waals surface area contributed by atoms with Crippen LogP contribution >= 0.6 is 0 Å². The summed E-state index contributed by atoms with van der Waals surface area (Å²) in [5.74, 6) is 2.11. The Bertz CT molecular complexity index is 157. The highest BCUT2D eigenvalue weighted by Crippen LogP contribution is 2.26. The van der Waals surface area contributed by atoms with Crippen LogP contribution in [0.3, 0.4) is 0 Å². The van der Waals surface area contributed by atoms with Crippen molar-refractivity contribution in [1.29, 1.82) is 0 Å². The first-order chi connectivity index (χ1) is 5.04. The smallest absolute Gasteiger partial charge is 0.0252 e. The van der Waals surface area contributed by atoms with Gasteiger partial charge < -0.3 is 5.73 Å². The molecule has 1 aliphatic heterocycles. The lowest BCUT2D eigenvalue weighted by Gasteiger charge is -2.36. The van der Waals surface area contributed by atoms with E-state index in [-0.39, 0.29) is 5.54 Å². The molecule has 0 radical (unpaired) electrons. The van der Waals surface area contributed by atoms with Crippen LogP contribution in [0.25, 0.3) is 0 Å². The molecule has 0 aliphatic carbocycles. The summed E-state index contributed by atoms with van der Waals surface area (Å²) in [6.07, 6.45) is 1.86. The van der Waals surface area contributed by atoms with Crippen molar-refractivity contribution in [1.82, 2.24) is 0 Å². The SMILES string of the molecule is CC(C)C1(N)CCS(=O)CC1. The average Bonchev–Trinajstić information content (AvgIpc) is 1.95. The molecule has 1 heterocycles. The lowest BCUT2D eigenvalue weighted by atomic mass is 9.82. The summed E-state index contributed by atoms with van der Waals surface area (Å²) in [4.78, 5) is 0. The Labute approximate surface area is 71.0 Å². The van der Waals surface area contributed by atoms with Crippen LogP contribution in [0.2, 0.25) is 0 Å². The predicted octanol–water partition coefficient (Wildman–Crippen LogP) is 0.882. The van der Waals surface area contributed by atoms with E-state index in [0.29, 0.717) is 5.92 Å². The van der Waals surface area contributed by atoms with Crippen LogP contribution in [0.1, 0.15) is 26.7 Å². The molecule has 0 bridgehead atoms. The van der Waals surface area contributed by atoms with Crippen LogP contribution in [-0.4, -0.2) is 21.3 Å². The van der Waals surface area contributed by atoms with E-state index in [1.807, 2.05) is 0 Å². The number of hydrogen-bond donors (Lipinski definition) is 1. The van der Waals surface area contributed by atoms with E-state index in [9.17, 15) is 4.21 Å². The largest absolute Gasteiger partial charge is 0.325 e. The summed E-state index contributed by atoms with van der Waals surface area (Å²) in [5.41, 5.74) is 6.10. The van der Waals surface area contributed by atoms with Crippen molar-refractivity contribution in [3.8, 4) is 0 Å². The molecule has 3 heteroatoms. The molecule has 0 aromatic carbocycles. The lowest BCUT2D eigenvalue weighted by Crippen LogP contribution is -2.49. The quantitative estimate of drug-likeness (QED) is 0.643. The predicted molar refractivity (Wildman–Crippen MR) is 48.9 cm³/mol. The number of hydrogen-bond acceptors (Lipinski definition) is 2. The molecule has 2 nitrogen and oxygen atoms in total. The third kappa shape index (κ3) is 2.03. The first-order valence-electron chi connectivity index (χ1n) is 4.18. The van der Waals surface area contributed by atoms with Crippen molar-refractivity contribution in [3.05, 3.63) is 0 Å². The molecule has 0 aromatic rings. The maximum absolute atomic E-state index is 11.0. The zero-order valence-corrected chi connectivity index (χ0v) is 8.12. The Morgan fingerprint density at radius 1 is 1.36 bits per heavy atom. The molecule has 0 atom stereocenters. The fourth-order valence-electron chi connectivity index (χ4n) is 1.41. The fraction of sp³-hybridized carbons (Fsp3) is 1.00. The van der Waals surface area contributed by atoms with Gasteiger partial charge in [0.25, 0.3) is 0 Å². The Kier molecular flexibility index (Phi) is 2.70. The van der Waals surface area contributed by atoms with Gasteiger partial charge in [-0.1, -0.05) is 13.8 Å². The van der Waals surface area contributed by atoms with Gasteiger partial charge >= 0.3 is 0 Å². The Balaban J connectivity index is 2.55. The van der Waals surface area contributed by atoms with Crippen LogP contribution in [0.4, 0.5) is 0 Å². The second-order valence-electron chi connectivity index (χ2n) is 3.74. The van der Waals surface area contributed by atoms with Gasteiger partial charge in [0, 0.05) is 27.8 Å². The van der Waals surface area contributed by atoms with Crippen molar-refractivity contribution in [2.45, 2.75) is 32.2 Å². The summed E-state index contributed by atoms with van der Waals surface area (Å²) in [5, 5.41) is 0. The summed E-state index contributed by atoms with van der Waals surface area (Å²) in [6.45, 7) is 4.29. The van der Waals surface area contributed by atoms with Crippen molar-refractivity contribution < 1.29 is 4.21 Å². The minimum Gasteiger partial charge on any atom is -0.325 e. The third-order valence-corrected chi connectivity index (χ3v) is 4.06. The highest BCUT2D eigenvalue weighted by atomic mass is 32.2. The van der Waals surface area contributed by atoms with E-state index in [4.69, 9.17) is 5.73 Å². The second-order valence-corrected chi connectivity index (χ2v) is 5.43. The lowest BCUT2D eigenvalue weighted by molar-refractivity contribution is 0.285. The van der Waals surface area contributed by atoms with E-state index in [0.717, 1.165) is 24.3 Å². The molecule has 1 aliphatic rings. The summed E-state index contributed by atoms with van der Waals surface area (Å²) in [7, 11) is -0.583. The zero-order valence-electron chi connectivity index (χ0n) is 7.30. The summed E-state index contributed by atoms with van der Waals surface area (Å²) >= 11 is 0. The minimum atomic E-state index is -0.583. The van der Waals surface area contributed by atoms with Crippen LogP contribution < -0.4 is 5.73 Å². The molecule has 0 amide bonds. The van der Waals surface area contributed by atoms with Gasteiger partial charge in [0.2, 0.25) is 0 Å². The maximum Gasteiger partial charge on any atom is 0.0252 e. The first kappa shape index (κ1) is 9.20. The van der Waals surface area contributed by atoms with E-state index in [1.165, 1.54) is 0 Å². The molecule has 1 fully saturated rings. The number of rotatable bonds is 1. The average molecular weight is 175 g/mol. The molecule has 1 rings (SSSR count). The Morgan fingerprint density at radius 3 is 2.18 bits per heavy atom. The summed E-state index contributed by atoms with van der Waals surface area (Å²) < 4.78 is 11.0. The van der Waals surface area contributed by atoms with Crippen LogP contribution in [0.5, 0.6) is 0 Å². The summed E-state index contributed by atoms with van der Waals surface area (Å²) in [6, 6.07) is 0. The Hall–Kier alpha value is 0.110. The minimum absolute atomic E-state index is 0.0338. The molecule has 0 saturated carbocycles. The van der Waals surface area contributed by atoms with Crippen LogP contribution in [0, 0.1) is 5.92 Å². The van der Waals surface area contributed by atoms with Crippen molar-refractivity contribution in [2.75, 3.05) is 11.5 Å². The van der Waals surface area contributed by atoms with Gasteiger partial charge in [-0.15, -0.1) is 0 Å². The van der Waals surface area contributed by atoms with Gasteiger partial charge in [0.1, 0.15) is 0 Å². The molecule has 0 unspecified atom stereocenters. The standard InChI is InChI=1S/C8H17NOS/c1-7(2)8(9)3-5-11(10)6-4-8/h7H,3-6,9H2,1-2H3. The molecule has 1 saturated heterocycles. The molecule has 0 spiro atoms. The normalized spacial score (nSPS) is 39.5. The molecule has 11 heavy (non-hydrogen) atoms. The molecular formula is C8H17NOS. The zero-order chi connectivity index (χ0) is 8.48. The molecule has 0 aromatic heterocycles. The second kappa shape index (κ2) is 3.23. The van der Waals surface area contributed by atoms with E-state index in [1.54, 1.807) is 0 Å². The molecule has 66 valence electrons. The highest BCUT2D eigenvalue weighted by Gasteiger charge is 2.32. The Morgan fingerprint density at radius 2 is 1.82 bits per heavy atom.